The minimum Gasteiger partial charge on any atom is -0.489 e. The van der Waals surface area contributed by atoms with Crippen molar-refractivity contribution in [2.45, 2.75) is 51.9 Å². The molecule has 47 heavy (non-hydrogen) atoms. The number of amides is 2. The molecule has 4 aromatic carbocycles. The monoisotopic (exact) mass is 695 g/mol. The van der Waals surface area contributed by atoms with E-state index in [4.69, 9.17) is 27.9 Å². The lowest BCUT2D eigenvalue weighted by Crippen LogP contribution is -2.56. The van der Waals surface area contributed by atoms with Crippen molar-refractivity contribution in [2.24, 2.45) is 0 Å². The highest BCUT2D eigenvalue weighted by atomic mass is 35.5. The third kappa shape index (κ3) is 10.7. The molecule has 1 unspecified atom stereocenters. The van der Waals surface area contributed by atoms with Crippen molar-refractivity contribution in [3.05, 3.63) is 130 Å². The summed E-state index contributed by atoms with van der Waals surface area (Å²) in [7, 11) is -3.93. The first-order valence-electron chi connectivity index (χ1n) is 15.0. The zero-order chi connectivity index (χ0) is 34.2. The third-order valence-electron chi connectivity index (χ3n) is 7.16. The number of nitrogens with one attached hydrogen (secondary N) is 1. The van der Waals surface area contributed by atoms with E-state index >= 15 is 0 Å². The standard InChI is InChI=1S/C36H39Cl2N3O5S/c1-36(2,3)39-35(43)33(22-26-11-7-5-8-12-26)40(23-28-15-20-31(37)32(38)21-28)34(42)24-41(47(4,44)45)29-16-18-30(19-17-29)46-25-27-13-9-6-10-14-27/h5-21,33H,22-25H2,1-4H3,(H,39,43). The molecule has 0 bridgehead atoms. The highest BCUT2D eigenvalue weighted by Gasteiger charge is 2.34. The summed E-state index contributed by atoms with van der Waals surface area (Å²) in [6, 6.07) is 29.5. The molecule has 8 nitrogen and oxygen atoms in total. The smallest absolute Gasteiger partial charge is 0.244 e. The van der Waals surface area contributed by atoms with Crippen LogP contribution in [0.15, 0.2) is 103 Å². The van der Waals surface area contributed by atoms with Gasteiger partial charge in [-0.2, -0.15) is 0 Å². The van der Waals surface area contributed by atoms with Crippen molar-refractivity contribution in [2.75, 3.05) is 17.1 Å². The molecule has 1 N–H and O–H groups in total. The van der Waals surface area contributed by atoms with Gasteiger partial charge in [-0.1, -0.05) is 89.9 Å². The molecule has 0 saturated carbocycles. The predicted octanol–water partition coefficient (Wildman–Crippen LogP) is 6.89. The van der Waals surface area contributed by atoms with E-state index in [2.05, 4.69) is 5.32 Å². The number of hydrogen-bond donors (Lipinski definition) is 1. The van der Waals surface area contributed by atoms with E-state index in [9.17, 15) is 18.0 Å². The molecule has 0 aliphatic heterocycles. The van der Waals surface area contributed by atoms with Gasteiger partial charge < -0.3 is 15.0 Å². The van der Waals surface area contributed by atoms with Crippen molar-refractivity contribution in [3.8, 4) is 5.75 Å². The molecule has 0 saturated heterocycles. The molecule has 1 atom stereocenters. The average Bonchev–Trinajstić information content (AvgIpc) is 3.02. The summed E-state index contributed by atoms with van der Waals surface area (Å²) in [4.78, 5) is 29.6. The van der Waals surface area contributed by atoms with E-state index in [1.54, 1.807) is 42.5 Å². The largest absolute Gasteiger partial charge is 0.489 e. The number of sulfonamides is 1. The van der Waals surface area contributed by atoms with Crippen molar-refractivity contribution in [1.29, 1.82) is 0 Å². The topological polar surface area (TPSA) is 96.0 Å². The van der Waals surface area contributed by atoms with Crippen LogP contribution in [-0.4, -0.2) is 49.5 Å². The molecule has 0 aliphatic rings. The molecule has 2 amide bonds. The number of rotatable bonds is 13. The fourth-order valence-corrected chi connectivity index (χ4v) is 6.08. The maximum atomic E-state index is 14.3. The summed E-state index contributed by atoms with van der Waals surface area (Å²) >= 11 is 12.5. The minimum absolute atomic E-state index is 0.0192. The number of carbonyl (C=O) groups is 2. The highest BCUT2D eigenvalue weighted by molar-refractivity contribution is 7.92. The van der Waals surface area contributed by atoms with Crippen LogP contribution < -0.4 is 14.4 Å². The second kappa shape index (κ2) is 15.7. The van der Waals surface area contributed by atoms with Gasteiger partial charge in [0.05, 0.1) is 22.0 Å². The van der Waals surface area contributed by atoms with E-state index < -0.39 is 34.1 Å². The van der Waals surface area contributed by atoms with Gasteiger partial charge in [0.25, 0.3) is 0 Å². The van der Waals surface area contributed by atoms with Crippen molar-refractivity contribution < 1.29 is 22.7 Å². The first-order valence-corrected chi connectivity index (χ1v) is 17.6. The molecule has 0 aromatic heterocycles. The van der Waals surface area contributed by atoms with Crippen molar-refractivity contribution >= 4 is 50.7 Å². The Hall–Kier alpha value is -4.05. The van der Waals surface area contributed by atoms with Gasteiger partial charge >= 0.3 is 0 Å². The second-order valence-corrected chi connectivity index (χ2v) is 15.0. The van der Waals surface area contributed by atoms with Crippen LogP contribution in [0.3, 0.4) is 0 Å². The molecular formula is C36H39Cl2N3O5S. The quantitative estimate of drug-likeness (QED) is 0.164. The Kier molecular flexibility index (Phi) is 12.0. The van der Waals surface area contributed by atoms with Crippen LogP contribution >= 0.6 is 23.2 Å². The van der Waals surface area contributed by atoms with Crippen LogP contribution in [0.25, 0.3) is 0 Å². The molecule has 0 fully saturated rings. The maximum absolute atomic E-state index is 14.3. The fraction of sp³-hybridized carbons (Fsp3) is 0.278. The first kappa shape index (κ1) is 35.8. The highest BCUT2D eigenvalue weighted by Crippen LogP contribution is 2.26. The summed E-state index contributed by atoms with van der Waals surface area (Å²) < 4.78 is 33.1. The Morgan fingerprint density at radius 2 is 1.40 bits per heavy atom. The number of ether oxygens (including phenoxy) is 1. The Labute approximate surface area is 287 Å². The van der Waals surface area contributed by atoms with Gasteiger partial charge in [-0.3, -0.25) is 13.9 Å². The summed E-state index contributed by atoms with van der Waals surface area (Å²) in [6.07, 6.45) is 1.24. The van der Waals surface area contributed by atoms with Crippen LogP contribution in [0, 0.1) is 0 Å². The number of anilines is 1. The third-order valence-corrected chi connectivity index (χ3v) is 9.04. The van der Waals surface area contributed by atoms with Gasteiger partial charge in [0.1, 0.15) is 24.9 Å². The Bertz CT molecular complexity index is 1760. The van der Waals surface area contributed by atoms with Gasteiger partial charge in [-0.05, 0) is 73.9 Å². The van der Waals surface area contributed by atoms with E-state index in [0.29, 0.717) is 28.0 Å². The molecular weight excluding hydrogens is 657 g/mol. The Balaban J connectivity index is 1.67. The van der Waals surface area contributed by atoms with Crippen LogP contribution in [-0.2, 0) is 39.2 Å². The normalized spacial score (nSPS) is 12.2. The summed E-state index contributed by atoms with van der Waals surface area (Å²) in [5.74, 6) is -0.406. The second-order valence-electron chi connectivity index (χ2n) is 12.3. The molecule has 0 radical (unpaired) electrons. The minimum atomic E-state index is -3.93. The summed E-state index contributed by atoms with van der Waals surface area (Å²) in [5, 5.41) is 3.64. The van der Waals surface area contributed by atoms with Crippen LogP contribution in [0.1, 0.15) is 37.5 Å². The van der Waals surface area contributed by atoms with Gasteiger partial charge in [-0.25, -0.2) is 8.42 Å². The molecule has 4 rings (SSSR count). The molecule has 0 heterocycles. The number of carbonyl (C=O) groups excluding carboxylic acids is 2. The van der Waals surface area contributed by atoms with Crippen molar-refractivity contribution in [3.63, 3.8) is 0 Å². The molecule has 4 aromatic rings. The number of halogens is 2. The Morgan fingerprint density at radius 1 is 0.809 bits per heavy atom. The number of hydrogen-bond acceptors (Lipinski definition) is 5. The van der Waals surface area contributed by atoms with Crippen molar-refractivity contribution in [1.82, 2.24) is 10.2 Å². The van der Waals surface area contributed by atoms with E-state index in [1.165, 1.54) is 4.90 Å². The van der Waals surface area contributed by atoms with Gasteiger partial charge in [-0.15, -0.1) is 0 Å². The molecule has 248 valence electrons. The zero-order valence-electron chi connectivity index (χ0n) is 26.8. The summed E-state index contributed by atoms with van der Waals surface area (Å²) in [6.45, 7) is 5.35. The molecule has 0 spiro atoms. The van der Waals surface area contributed by atoms with Crippen LogP contribution in [0.4, 0.5) is 5.69 Å². The lowest BCUT2D eigenvalue weighted by molar-refractivity contribution is -0.140. The van der Waals surface area contributed by atoms with Gasteiger partial charge in [0.15, 0.2) is 0 Å². The van der Waals surface area contributed by atoms with E-state index in [-0.39, 0.29) is 24.6 Å². The van der Waals surface area contributed by atoms with E-state index in [0.717, 1.165) is 21.7 Å². The van der Waals surface area contributed by atoms with Gasteiger partial charge in [0.2, 0.25) is 21.8 Å². The van der Waals surface area contributed by atoms with Crippen LogP contribution in [0.5, 0.6) is 5.75 Å². The zero-order valence-corrected chi connectivity index (χ0v) is 29.1. The summed E-state index contributed by atoms with van der Waals surface area (Å²) in [5.41, 5.74) is 2.14. The van der Waals surface area contributed by atoms with Gasteiger partial charge in [0, 0.05) is 18.5 Å². The van der Waals surface area contributed by atoms with E-state index in [1.807, 2.05) is 81.4 Å². The number of benzene rings is 4. The lowest BCUT2D eigenvalue weighted by atomic mass is 10.0. The fourth-order valence-electron chi connectivity index (χ4n) is 4.90. The first-order chi connectivity index (χ1) is 22.2. The maximum Gasteiger partial charge on any atom is 0.244 e. The molecule has 11 heteroatoms. The molecule has 0 aliphatic carbocycles. The lowest BCUT2D eigenvalue weighted by Gasteiger charge is -2.35. The van der Waals surface area contributed by atoms with Crippen LogP contribution in [0.2, 0.25) is 10.0 Å². The Morgan fingerprint density at radius 3 is 1.96 bits per heavy atom. The average molecular weight is 697 g/mol. The predicted molar refractivity (Wildman–Crippen MR) is 188 cm³/mol. The number of nitrogens with zero attached hydrogens (tertiary/aromatic N) is 2. The SMILES string of the molecule is CC(C)(C)NC(=O)C(Cc1ccccc1)N(Cc1ccc(Cl)c(Cl)c1)C(=O)CN(c1ccc(OCc2ccccc2)cc1)S(C)(=O)=O.